The van der Waals surface area contributed by atoms with Crippen LogP contribution in [0.15, 0.2) is 11.1 Å². The Labute approximate surface area is 126 Å². The summed E-state index contributed by atoms with van der Waals surface area (Å²) in [5.41, 5.74) is 9.33. The van der Waals surface area contributed by atoms with Crippen LogP contribution in [0.1, 0.15) is 73.6 Å². The molecule has 0 heterocycles. The largest absolute Gasteiger partial charge is 0.378 e. The fourth-order valence-corrected chi connectivity index (χ4v) is 2.86. The van der Waals surface area contributed by atoms with Crippen molar-refractivity contribution in [1.82, 2.24) is 0 Å². The van der Waals surface area contributed by atoms with Crippen LogP contribution >= 0.6 is 0 Å². The number of allylic oxidation sites excluding steroid dienone is 2. The van der Waals surface area contributed by atoms with Crippen LogP contribution in [0.2, 0.25) is 0 Å². The van der Waals surface area contributed by atoms with Gasteiger partial charge in [-0.15, -0.1) is 0 Å². The monoisotopic (exact) mass is 281 g/mol. The highest BCUT2D eigenvalue weighted by Crippen LogP contribution is 2.38. The van der Waals surface area contributed by atoms with E-state index in [9.17, 15) is 0 Å². The van der Waals surface area contributed by atoms with Crippen molar-refractivity contribution in [3.8, 4) is 0 Å². The minimum Gasteiger partial charge on any atom is -0.378 e. The predicted molar refractivity (Wildman–Crippen MR) is 87.8 cm³/mol. The standard InChI is InChI=1S/C18H35NO/c1-13(15(3)17-8-7-9-17)12-18(5,6)16(4)20-11-10-14(2)19/h13-14,16H,7-12,19H2,1-6H3. The number of hydrogen-bond donors (Lipinski definition) is 1. The first-order valence-corrected chi connectivity index (χ1v) is 8.29. The summed E-state index contributed by atoms with van der Waals surface area (Å²) in [4.78, 5) is 0. The molecule has 2 N–H and O–H groups in total. The third kappa shape index (κ3) is 5.21. The molecule has 3 atom stereocenters. The maximum atomic E-state index is 6.00. The van der Waals surface area contributed by atoms with Gasteiger partial charge in [0.25, 0.3) is 0 Å². The Hall–Kier alpha value is -0.340. The van der Waals surface area contributed by atoms with Gasteiger partial charge in [0, 0.05) is 12.6 Å². The second-order valence-corrected chi connectivity index (χ2v) is 7.51. The fraction of sp³-hybridized carbons (Fsp3) is 0.889. The van der Waals surface area contributed by atoms with E-state index < -0.39 is 0 Å². The summed E-state index contributed by atoms with van der Waals surface area (Å²) >= 11 is 0. The van der Waals surface area contributed by atoms with E-state index in [1.807, 2.05) is 6.92 Å². The van der Waals surface area contributed by atoms with E-state index >= 15 is 0 Å². The van der Waals surface area contributed by atoms with Gasteiger partial charge < -0.3 is 10.5 Å². The first-order valence-electron chi connectivity index (χ1n) is 8.29. The molecule has 0 aromatic carbocycles. The second-order valence-electron chi connectivity index (χ2n) is 7.51. The van der Waals surface area contributed by atoms with E-state index in [0.717, 1.165) is 13.0 Å². The van der Waals surface area contributed by atoms with Gasteiger partial charge >= 0.3 is 0 Å². The number of ether oxygens (including phenoxy) is 1. The molecular formula is C18H35NO. The van der Waals surface area contributed by atoms with Crippen LogP contribution in [0.25, 0.3) is 0 Å². The lowest BCUT2D eigenvalue weighted by atomic mass is 9.74. The van der Waals surface area contributed by atoms with E-state index in [0.29, 0.717) is 5.92 Å². The van der Waals surface area contributed by atoms with E-state index in [2.05, 4.69) is 34.6 Å². The maximum Gasteiger partial charge on any atom is 0.0598 e. The van der Waals surface area contributed by atoms with Crippen molar-refractivity contribution < 1.29 is 4.74 Å². The lowest BCUT2D eigenvalue weighted by Crippen LogP contribution is -2.32. The molecule has 118 valence electrons. The Bertz CT molecular complexity index is 324. The molecule has 1 fully saturated rings. The molecule has 1 aliphatic rings. The van der Waals surface area contributed by atoms with E-state index in [1.54, 1.807) is 11.1 Å². The van der Waals surface area contributed by atoms with Gasteiger partial charge in [0.15, 0.2) is 0 Å². The summed E-state index contributed by atoms with van der Waals surface area (Å²) in [6.07, 6.45) is 6.47. The van der Waals surface area contributed by atoms with Crippen LogP contribution in [-0.4, -0.2) is 18.8 Å². The Morgan fingerprint density at radius 3 is 2.30 bits per heavy atom. The first-order chi connectivity index (χ1) is 9.24. The maximum absolute atomic E-state index is 6.00. The van der Waals surface area contributed by atoms with Gasteiger partial charge in [-0.1, -0.05) is 31.9 Å². The zero-order chi connectivity index (χ0) is 15.3. The molecule has 1 aliphatic carbocycles. The quantitative estimate of drug-likeness (QED) is 0.656. The smallest absolute Gasteiger partial charge is 0.0598 e. The molecule has 2 nitrogen and oxygen atoms in total. The average molecular weight is 281 g/mol. The van der Waals surface area contributed by atoms with Crippen LogP contribution in [-0.2, 0) is 4.74 Å². The topological polar surface area (TPSA) is 35.2 Å². The molecule has 0 saturated heterocycles. The third-order valence-electron chi connectivity index (χ3n) is 5.13. The zero-order valence-electron chi connectivity index (χ0n) is 14.5. The molecule has 2 heteroatoms. The second kappa shape index (κ2) is 7.61. The van der Waals surface area contributed by atoms with Gasteiger partial charge in [-0.3, -0.25) is 0 Å². The normalized spacial score (nSPS) is 20.2. The average Bonchev–Trinajstić information content (AvgIpc) is 2.25. The Kier molecular flexibility index (Phi) is 6.74. The summed E-state index contributed by atoms with van der Waals surface area (Å²) in [5, 5.41) is 0. The first kappa shape index (κ1) is 17.7. The predicted octanol–water partition coefficient (Wildman–Crippen LogP) is 4.68. The van der Waals surface area contributed by atoms with Gasteiger partial charge in [-0.2, -0.15) is 0 Å². The molecule has 0 aromatic rings. The Balaban J connectivity index is 2.46. The summed E-state index contributed by atoms with van der Waals surface area (Å²) in [5.74, 6) is 0.666. The molecular weight excluding hydrogens is 246 g/mol. The number of nitrogens with two attached hydrogens (primary N) is 1. The van der Waals surface area contributed by atoms with Crippen molar-refractivity contribution in [2.24, 2.45) is 17.1 Å². The van der Waals surface area contributed by atoms with Crippen LogP contribution in [0, 0.1) is 11.3 Å². The van der Waals surface area contributed by atoms with Crippen molar-refractivity contribution in [2.75, 3.05) is 6.61 Å². The summed E-state index contributed by atoms with van der Waals surface area (Å²) in [6.45, 7) is 14.4. The van der Waals surface area contributed by atoms with Crippen molar-refractivity contribution in [3.63, 3.8) is 0 Å². The van der Waals surface area contributed by atoms with E-state index in [4.69, 9.17) is 10.5 Å². The zero-order valence-corrected chi connectivity index (χ0v) is 14.5. The minimum atomic E-state index is 0.211. The fourth-order valence-electron chi connectivity index (χ4n) is 2.86. The van der Waals surface area contributed by atoms with Gasteiger partial charge in [-0.25, -0.2) is 0 Å². The van der Waals surface area contributed by atoms with Crippen LogP contribution in [0.3, 0.4) is 0 Å². The van der Waals surface area contributed by atoms with Gasteiger partial charge in [-0.05, 0) is 64.2 Å². The lowest BCUT2D eigenvalue weighted by Gasteiger charge is -2.35. The Morgan fingerprint density at radius 1 is 1.25 bits per heavy atom. The van der Waals surface area contributed by atoms with Crippen LogP contribution in [0.5, 0.6) is 0 Å². The molecule has 0 spiro atoms. The highest BCUT2D eigenvalue weighted by molar-refractivity contribution is 5.19. The molecule has 0 aromatic heterocycles. The van der Waals surface area contributed by atoms with E-state index in [1.165, 1.54) is 25.7 Å². The molecule has 0 aliphatic heterocycles. The molecule has 1 saturated carbocycles. The lowest BCUT2D eigenvalue weighted by molar-refractivity contribution is -0.0232. The van der Waals surface area contributed by atoms with Crippen molar-refractivity contribution in [1.29, 1.82) is 0 Å². The highest BCUT2D eigenvalue weighted by Gasteiger charge is 2.30. The minimum absolute atomic E-state index is 0.211. The SMILES string of the molecule is CC(=C1CCC1)C(C)CC(C)(C)C(C)OCCC(C)N. The van der Waals surface area contributed by atoms with Crippen LogP contribution < -0.4 is 5.73 Å². The molecule has 20 heavy (non-hydrogen) atoms. The third-order valence-corrected chi connectivity index (χ3v) is 5.13. The highest BCUT2D eigenvalue weighted by atomic mass is 16.5. The molecule has 3 unspecified atom stereocenters. The van der Waals surface area contributed by atoms with Crippen molar-refractivity contribution in [2.45, 2.75) is 85.8 Å². The van der Waals surface area contributed by atoms with Crippen LogP contribution in [0.4, 0.5) is 0 Å². The summed E-state index contributed by atoms with van der Waals surface area (Å²) < 4.78 is 6.00. The molecule has 0 amide bonds. The van der Waals surface area contributed by atoms with Gasteiger partial charge in [0.05, 0.1) is 6.10 Å². The molecule has 1 rings (SSSR count). The van der Waals surface area contributed by atoms with E-state index in [-0.39, 0.29) is 17.6 Å². The summed E-state index contributed by atoms with van der Waals surface area (Å²) in [6, 6.07) is 0.231. The van der Waals surface area contributed by atoms with Gasteiger partial charge in [0.2, 0.25) is 0 Å². The molecule has 0 bridgehead atoms. The van der Waals surface area contributed by atoms with Crippen molar-refractivity contribution in [3.05, 3.63) is 11.1 Å². The Morgan fingerprint density at radius 2 is 1.85 bits per heavy atom. The van der Waals surface area contributed by atoms with Gasteiger partial charge in [0.1, 0.15) is 0 Å². The summed E-state index contributed by atoms with van der Waals surface area (Å²) in [7, 11) is 0. The number of hydrogen-bond acceptors (Lipinski definition) is 2. The molecule has 0 radical (unpaired) electrons. The van der Waals surface area contributed by atoms with Crippen molar-refractivity contribution >= 4 is 0 Å². The number of rotatable bonds is 8.